The Balaban J connectivity index is 2.05. The van der Waals surface area contributed by atoms with Crippen molar-refractivity contribution in [1.29, 1.82) is 0 Å². The van der Waals surface area contributed by atoms with Crippen molar-refractivity contribution < 1.29 is 0 Å². The van der Waals surface area contributed by atoms with Gasteiger partial charge in [-0.25, -0.2) is 4.98 Å². The van der Waals surface area contributed by atoms with Crippen LogP contribution in [0.1, 0.15) is 21.0 Å². The molecule has 0 unspecified atom stereocenters. The van der Waals surface area contributed by atoms with Gasteiger partial charge >= 0.3 is 0 Å². The Labute approximate surface area is 100 Å². The van der Waals surface area contributed by atoms with E-state index < -0.39 is 0 Å². The molecule has 0 atom stereocenters. The van der Waals surface area contributed by atoms with E-state index in [4.69, 9.17) is 5.73 Å². The van der Waals surface area contributed by atoms with Gasteiger partial charge in [-0.15, -0.1) is 11.3 Å². The van der Waals surface area contributed by atoms with E-state index in [-0.39, 0.29) is 0 Å². The molecule has 0 amide bonds. The van der Waals surface area contributed by atoms with Gasteiger partial charge in [-0.05, 0) is 25.5 Å². The molecule has 2 rings (SSSR count). The molecule has 16 heavy (non-hydrogen) atoms. The van der Waals surface area contributed by atoms with Gasteiger partial charge in [-0.2, -0.15) is 0 Å². The van der Waals surface area contributed by atoms with E-state index in [2.05, 4.69) is 36.2 Å². The van der Waals surface area contributed by atoms with E-state index >= 15 is 0 Å². The van der Waals surface area contributed by atoms with E-state index in [0.29, 0.717) is 6.54 Å². The Kier molecular flexibility index (Phi) is 3.70. The molecule has 2 N–H and O–H groups in total. The summed E-state index contributed by atoms with van der Waals surface area (Å²) in [6.07, 6.45) is 3.81. The van der Waals surface area contributed by atoms with Crippen LogP contribution < -0.4 is 5.73 Å². The molecule has 1 aromatic carbocycles. The summed E-state index contributed by atoms with van der Waals surface area (Å²) in [6, 6.07) is 8.62. The van der Waals surface area contributed by atoms with Gasteiger partial charge in [-0.1, -0.05) is 29.8 Å². The molecule has 0 saturated heterocycles. The Morgan fingerprint density at radius 2 is 2.00 bits per heavy atom. The predicted molar refractivity (Wildman–Crippen MR) is 68.9 cm³/mol. The fraction of sp³-hybridized carbons (Fsp3) is 0.308. The third-order valence-electron chi connectivity index (χ3n) is 2.47. The maximum atomic E-state index is 5.52. The summed E-state index contributed by atoms with van der Waals surface area (Å²) < 4.78 is 0. The molecule has 0 aliphatic rings. The van der Waals surface area contributed by atoms with Crippen molar-refractivity contribution >= 4 is 11.3 Å². The number of benzene rings is 1. The summed E-state index contributed by atoms with van der Waals surface area (Å²) in [7, 11) is 0. The molecule has 0 radical (unpaired) electrons. The first-order valence-corrected chi connectivity index (χ1v) is 6.29. The van der Waals surface area contributed by atoms with E-state index in [1.165, 1.54) is 21.0 Å². The average Bonchev–Trinajstić information content (AvgIpc) is 2.70. The second-order valence-corrected chi connectivity index (χ2v) is 5.12. The van der Waals surface area contributed by atoms with E-state index in [1.807, 2.05) is 6.20 Å². The van der Waals surface area contributed by atoms with Gasteiger partial charge in [0.1, 0.15) is 0 Å². The second kappa shape index (κ2) is 5.23. The Morgan fingerprint density at radius 1 is 1.25 bits per heavy atom. The van der Waals surface area contributed by atoms with Crippen LogP contribution in [-0.2, 0) is 12.8 Å². The van der Waals surface area contributed by atoms with Crippen LogP contribution in [0.15, 0.2) is 30.5 Å². The standard InChI is InChI=1S/C13H16N2S/c1-10-2-4-11(5-3-10)8-13-15-9-12(16-13)6-7-14/h2-5,9H,6-8,14H2,1H3. The van der Waals surface area contributed by atoms with Crippen molar-refractivity contribution in [2.75, 3.05) is 6.54 Å². The van der Waals surface area contributed by atoms with Gasteiger partial charge in [0.25, 0.3) is 0 Å². The zero-order valence-electron chi connectivity index (χ0n) is 9.44. The van der Waals surface area contributed by atoms with E-state index in [9.17, 15) is 0 Å². The largest absolute Gasteiger partial charge is 0.330 e. The molecular weight excluding hydrogens is 216 g/mol. The zero-order chi connectivity index (χ0) is 11.4. The fourth-order valence-corrected chi connectivity index (χ4v) is 2.54. The highest BCUT2D eigenvalue weighted by Crippen LogP contribution is 2.17. The lowest BCUT2D eigenvalue weighted by molar-refractivity contribution is 0.983. The van der Waals surface area contributed by atoms with Gasteiger partial charge in [-0.3, -0.25) is 0 Å². The van der Waals surface area contributed by atoms with Crippen LogP contribution in [0.4, 0.5) is 0 Å². The minimum atomic E-state index is 0.701. The van der Waals surface area contributed by atoms with E-state index in [0.717, 1.165) is 12.8 Å². The molecule has 84 valence electrons. The second-order valence-electron chi connectivity index (χ2n) is 3.92. The molecule has 2 nitrogen and oxygen atoms in total. The highest BCUT2D eigenvalue weighted by atomic mass is 32.1. The third kappa shape index (κ3) is 2.90. The van der Waals surface area contributed by atoms with Crippen molar-refractivity contribution in [2.24, 2.45) is 5.73 Å². The van der Waals surface area contributed by atoms with Gasteiger partial charge in [0.05, 0.1) is 5.01 Å². The fourth-order valence-electron chi connectivity index (χ4n) is 1.57. The number of hydrogen-bond donors (Lipinski definition) is 1. The third-order valence-corrected chi connectivity index (χ3v) is 3.53. The maximum absolute atomic E-state index is 5.52. The number of hydrogen-bond acceptors (Lipinski definition) is 3. The highest BCUT2D eigenvalue weighted by molar-refractivity contribution is 7.11. The lowest BCUT2D eigenvalue weighted by Gasteiger charge is -1.98. The quantitative estimate of drug-likeness (QED) is 0.880. The first-order chi connectivity index (χ1) is 7.78. The summed E-state index contributed by atoms with van der Waals surface area (Å²) in [5.74, 6) is 0. The monoisotopic (exact) mass is 232 g/mol. The van der Waals surface area contributed by atoms with Crippen molar-refractivity contribution in [3.8, 4) is 0 Å². The van der Waals surface area contributed by atoms with Gasteiger partial charge in [0.2, 0.25) is 0 Å². The Bertz CT molecular complexity index is 445. The molecule has 0 spiro atoms. The predicted octanol–water partition coefficient (Wildman–Crippen LogP) is 2.54. The van der Waals surface area contributed by atoms with E-state index in [1.54, 1.807) is 11.3 Å². The summed E-state index contributed by atoms with van der Waals surface area (Å²) in [5, 5.41) is 1.17. The number of thiazole rings is 1. The van der Waals surface area contributed by atoms with Crippen LogP contribution in [0.25, 0.3) is 0 Å². The van der Waals surface area contributed by atoms with Crippen molar-refractivity contribution in [2.45, 2.75) is 19.8 Å². The van der Waals surface area contributed by atoms with Crippen LogP contribution in [0.2, 0.25) is 0 Å². The first kappa shape index (κ1) is 11.3. The number of aromatic nitrogens is 1. The molecule has 0 saturated carbocycles. The van der Waals surface area contributed by atoms with Gasteiger partial charge < -0.3 is 5.73 Å². The van der Waals surface area contributed by atoms with Crippen LogP contribution in [0.3, 0.4) is 0 Å². The SMILES string of the molecule is Cc1ccc(Cc2ncc(CCN)s2)cc1. The topological polar surface area (TPSA) is 38.9 Å². The lowest BCUT2D eigenvalue weighted by Crippen LogP contribution is -2.00. The summed E-state index contributed by atoms with van der Waals surface area (Å²) in [5.41, 5.74) is 8.13. The van der Waals surface area contributed by atoms with Crippen LogP contribution in [-0.4, -0.2) is 11.5 Å². The van der Waals surface area contributed by atoms with Crippen molar-refractivity contribution in [3.63, 3.8) is 0 Å². The number of aryl methyl sites for hydroxylation is 1. The molecule has 1 aromatic heterocycles. The Hall–Kier alpha value is -1.19. The molecule has 1 heterocycles. The summed E-state index contributed by atoms with van der Waals surface area (Å²) >= 11 is 1.77. The van der Waals surface area contributed by atoms with Crippen LogP contribution in [0.5, 0.6) is 0 Å². The average molecular weight is 232 g/mol. The maximum Gasteiger partial charge on any atom is 0.0971 e. The molecule has 0 fully saturated rings. The molecule has 0 bridgehead atoms. The van der Waals surface area contributed by atoms with Gasteiger partial charge in [0, 0.05) is 17.5 Å². The smallest absolute Gasteiger partial charge is 0.0971 e. The zero-order valence-corrected chi connectivity index (χ0v) is 10.3. The Morgan fingerprint density at radius 3 is 2.69 bits per heavy atom. The summed E-state index contributed by atoms with van der Waals surface area (Å²) in [4.78, 5) is 5.70. The van der Waals surface area contributed by atoms with Crippen molar-refractivity contribution in [3.05, 3.63) is 51.5 Å². The molecule has 3 heteroatoms. The number of nitrogens with zero attached hydrogens (tertiary/aromatic N) is 1. The highest BCUT2D eigenvalue weighted by Gasteiger charge is 2.02. The lowest BCUT2D eigenvalue weighted by atomic mass is 10.1. The van der Waals surface area contributed by atoms with Crippen LogP contribution >= 0.6 is 11.3 Å². The molecule has 2 aromatic rings. The van der Waals surface area contributed by atoms with Gasteiger partial charge in [0.15, 0.2) is 0 Å². The molecule has 0 aliphatic carbocycles. The van der Waals surface area contributed by atoms with Crippen LogP contribution in [0, 0.1) is 6.92 Å². The van der Waals surface area contributed by atoms with Crippen molar-refractivity contribution in [1.82, 2.24) is 4.98 Å². The first-order valence-electron chi connectivity index (χ1n) is 5.47. The number of rotatable bonds is 4. The summed E-state index contributed by atoms with van der Waals surface area (Å²) in [6.45, 7) is 2.80. The normalized spacial score (nSPS) is 10.6. The molecule has 0 aliphatic heterocycles. The minimum absolute atomic E-state index is 0.701. The minimum Gasteiger partial charge on any atom is -0.330 e. The number of nitrogens with two attached hydrogens (primary N) is 1. The molecular formula is C13H16N2S.